The predicted octanol–water partition coefficient (Wildman–Crippen LogP) is 2.72. The molecule has 1 amide bonds. The SMILES string of the molecule is Cn1cccc1C(=O)NCc1cccc(Br)c1. The molecule has 0 aliphatic carbocycles. The quantitative estimate of drug-likeness (QED) is 0.927. The van der Waals surface area contributed by atoms with Gasteiger partial charge in [0.1, 0.15) is 5.69 Å². The van der Waals surface area contributed by atoms with E-state index >= 15 is 0 Å². The van der Waals surface area contributed by atoms with Crippen molar-refractivity contribution >= 4 is 21.8 Å². The van der Waals surface area contributed by atoms with Crippen molar-refractivity contribution < 1.29 is 4.79 Å². The molecule has 1 aromatic carbocycles. The summed E-state index contributed by atoms with van der Waals surface area (Å²) in [6.07, 6.45) is 1.86. The van der Waals surface area contributed by atoms with Crippen LogP contribution in [0.3, 0.4) is 0 Å². The molecule has 0 aliphatic heterocycles. The monoisotopic (exact) mass is 292 g/mol. The molecule has 88 valence electrons. The minimum atomic E-state index is -0.0579. The largest absolute Gasteiger partial charge is 0.347 e. The van der Waals surface area contributed by atoms with Gasteiger partial charge in [0.25, 0.3) is 5.91 Å². The molecule has 2 aromatic rings. The highest BCUT2D eigenvalue weighted by atomic mass is 79.9. The van der Waals surface area contributed by atoms with Gasteiger partial charge in [-0.25, -0.2) is 0 Å². The lowest BCUT2D eigenvalue weighted by Gasteiger charge is -2.06. The molecule has 0 radical (unpaired) electrons. The van der Waals surface area contributed by atoms with Gasteiger partial charge in [-0.05, 0) is 29.8 Å². The van der Waals surface area contributed by atoms with E-state index in [1.165, 1.54) is 0 Å². The molecule has 0 bridgehead atoms. The minimum absolute atomic E-state index is 0.0579. The van der Waals surface area contributed by atoms with Crippen LogP contribution in [0.5, 0.6) is 0 Å². The van der Waals surface area contributed by atoms with Crippen molar-refractivity contribution in [2.24, 2.45) is 7.05 Å². The van der Waals surface area contributed by atoms with Gasteiger partial charge in [-0.2, -0.15) is 0 Å². The van der Waals surface area contributed by atoms with Gasteiger partial charge in [-0.3, -0.25) is 4.79 Å². The van der Waals surface area contributed by atoms with Gasteiger partial charge >= 0.3 is 0 Å². The Hall–Kier alpha value is -1.55. The van der Waals surface area contributed by atoms with Gasteiger partial charge in [-0.15, -0.1) is 0 Å². The van der Waals surface area contributed by atoms with Crippen LogP contribution in [0.15, 0.2) is 47.1 Å². The number of halogens is 1. The molecule has 3 nitrogen and oxygen atoms in total. The first-order valence-corrected chi connectivity index (χ1v) is 6.10. The number of carbonyl (C=O) groups is 1. The number of amides is 1. The molecule has 0 spiro atoms. The summed E-state index contributed by atoms with van der Waals surface area (Å²) in [6.45, 7) is 0.531. The summed E-state index contributed by atoms with van der Waals surface area (Å²) in [7, 11) is 1.86. The van der Waals surface area contributed by atoms with Gasteiger partial charge in [0.2, 0.25) is 0 Å². The normalized spacial score (nSPS) is 10.2. The first-order valence-electron chi connectivity index (χ1n) is 5.31. The average molecular weight is 293 g/mol. The predicted molar refractivity (Wildman–Crippen MR) is 70.7 cm³/mol. The Morgan fingerprint density at radius 2 is 2.18 bits per heavy atom. The maximum Gasteiger partial charge on any atom is 0.268 e. The molecule has 0 fully saturated rings. The number of carbonyl (C=O) groups excluding carboxylic acids is 1. The van der Waals surface area contributed by atoms with Crippen LogP contribution in [0.4, 0.5) is 0 Å². The molecule has 0 atom stereocenters. The Morgan fingerprint density at radius 3 is 2.82 bits per heavy atom. The zero-order valence-electron chi connectivity index (χ0n) is 9.48. The molecular weight excluding hydrogens is 280 g/mol. The van der Waals surface area contributed by atoms with Crippen LogP contribution in [0.25, 0.3) is 0 Å². The molecule has 17 heavy (non-hydrogen) atoms. The molecule has 4 heteroatoms. The number of hydrogen-bond donors (Lipinski definition) is 1. The molecular formula is C13H13BrN2O. The number of nitrogens with one attached hydrogen (secondary N) is 1. The molecule has 0 unspecified atom stereocenters. The Labute approximate surface area is 109 Å². The van der Waals surface area contributed by atoms with Crippen LogP contribution >= 0.6 is 15.9 Å². The highest BCUT2D eigenvalue weighted by molar-refractivity contribution is 9.10. The molecule has 1 N–H and O–H groups in total. The molecule has 1 aromatic heterocycles. The van der Waals surface area contributed by atoms with E-state index in [1.807, 2.05) is 43.6 Å². The summed E-state index contributed by atoms with van der Waals surface area (Å²) in [6, 6.07) is 11.5. The van der Waals surface area contributed by atoms with Crippen LogP contribution < -0.4 is 5.32 Å². The number of benzene rings is 1. The molecule has 0 aliphatic rings. The van der Waals surface area contributed by atoms with E-state index in [-0.39, 0.29) is 5.91 Å². The second-order valence-electron chi connectivity index (χ2n) is 3.82. The Balaban J connectivity index is 1.99. The fourth-order valence-corrected chi connectivity index (χ4v) is 2.06. The second-order valence-corrected chi connectivity index (χ2v) is 4.73. The highest BCUT2D eigenvalue weighted by Gasteiger charge is 2.07. The fourth-order valence-electron chi connectivity index (χ4n) is 1.62. The lowest BCUT2D eigenvalue weighted by atomic mass is 10.2. The Morgan fingerprint density at radius 1 is 1.35 bits per heavy atom. The zero-order chi connectivity index (χ0) is 12.3. The second kappa shape index (κ2) is 5.19. The van der Waals surface area contributed by atoms with Crippen molar-refractivity contribution in [3.05, 3.63) is 58.3 Å². The van der Waals surface area contributed by atoms with E-state index < -0.39 is 0 Å². The van der Waals surface area contributed by atoms with Crippen molar-refractivity contribution in [1.82, 2.24) is 9.88 Å². The van der Waals surface area contributed by atoms with Gasteiger partial charge < -0.3 is 9.88 Å². The van der Waals surface area contributed by atoms with Crippen LogP contribution in [0.2, 0.25) is 0 Å². The smallest absolute Gasteiger partial charge is 0.268 e. The lowest BCUT2D eigenvalue weighted by molar-refractivity contribution is 0.0943. The van der Waals surface area contributed by atoms with Crippen LogP contribution in [-0.2, 0) is 13.6 Å². The van der Waals surface area contributed by atoms with E-state index in [1.54, 1.807) is 10.6 Å². The van der Waals surface area contributed by atoms with E-state index in [0.717, 1.165) is 10.0 Å². The summed E-state index contributed by atoms with van der Waals surface area (Å²) in [5.41, 5.74) is 1.74. The molecule has 0 saturated carbocycles. The van der Waals surface area contributed by atoms with Crippen LogP contribution in [0.1, 0.15) is 16.1 Å². The maximum atomic E-state index is 11.8. The molecule has 2 rings (SSSR count). The van der Waals surface area contributed by atoms with E-state index in [0.29, 0.717) is 12.2 Å². The van der Waals surface area contributed by atoms with E-state index in [9.17, 15) is 4.79 Å². The van der Waals surface area contributed by atoms with Gasteiger partial charge in [0, 0.05) is 24.3 Å². The summed E-state index contributed by atoms with van der Waals surface area (Å²) >= 11 is 3.40. The van der Waals surface area contributed by atoms with Crippen molar-refractivity contribution in [1.29, 1.82) is 0 Å². The van der Waals surface area contributed by atoms with Gasteiger partial charge in [0.15, 0.2) is 0 Å². The van der Waals surface area contributed by atoms with E-state index in [2.05, 4.69) is 21.2 Å². The van der Waals surface area contributed by atoms with Crippen molar-refractivity contribution in [3.63, 3.8) is 0 Å². The minimum Gasteiger partial charge on any atom is -0.347 e. The standard InChI is InChI=1S/C13H13BrN2O/c1-16-7-3-6-12(16)13(17)15-9-10-4-2-5-11(14)8-10/h2-8H,9H2,1H3,(H,15,17). The van der Waals surface area contributed by atoms with Crippen molar-refractivity contribution in [3.8, 4) is 0 Å². The summed E-state index contributed by atoms with van der Waals surface area (Å²) in [4.78, 5) is 11.8. The summed E-state index contributed by atoms with van der Waals surface area (Å²) in [5, 5.41) is 2.89. The Bertz CT molecular complexity index is 534. The van der Waals surface area contributed by atoms with E-state index in [4.69, 9.17) is 0 Å². The molecule has 1 heterocycles. The third-order valence-electron chi connectivity index (χ3n) is 2.52. The van der Waals surface area contributed by atoms with Crippen LogP contribution in [0, 0.1) is 0 Å². The zero-order valence-corrected chi connectivity index (χ0v) is 11.1. The third kappa shape index (κ3) is 2.97. The topological polar surface area (TPSA) is 34.0 Å². The summed E-state index contributed by atoms with van der Waals surface area (Å²) in [5.74, 6) is -0.0579. The summed E-state index contributed by atoms with van der Waals surface area (Å²) < 4.78 is 2.82. The number of aromatic nitrogens is 1. The highest BCUT2D eigenvalue weighted by Crippen LogP contribution is 2.11. The van der Waals surface area contributed by atoms with Gasteiger partial charge in [-0.1, -0.05) is 28.1 Å². The fraction of sp³-hybridized carbons (Fsp3) is 0.154. The number of aryl methyl sites for hydroxylation is 1. The third-order valence-corrected chi connectivity index (χ3v) is 3.01. The van der Waals surface area contributed by atoms with Crippen molar-refractivity contribution in [2.45, 2.75) is 6.54 Å². The maximum absolute atomic E-state index is 11.8. The number of nitrogens with zero attached hydrogens (tertiary/aromatic N) is 1. The van der Waals surface area contributed by atoms with Gasteiger partial charge in [0.05, 0.1) is 0 Å². The van der Waals surface area contributed by atoms with Crippen molar-refractivity contribution in [2.75, 3.05) is 0 Å². The lowest BCUT2D eigenvalue weighted by Crippen LogP contribution is -2.24. The van der Waals surface area contributed by atoms with Crippen LogP contribution in [-0.4, -0.2) is 10.5 Å². The molecule has 0 saturated heterocycles. The first-order chi connectivity index (χ1) is 8.16. The average Bonchev–Trinajstić information content (AvgIpc) is 2.72. The Kier molecular flexibility index (Phi) is 3.64. The number of rotatable bonds is 3. The first kappa shape index (κ1) is 11.9. The number of hydrogen-bond acceptors (Lipinski definition) is 1.